The molecule has 0 aliphatic heterocycles. The molecule has 2 rings (SSSR count). The molecule has 0 aliphatic rings. The molecule has 0 N–H and O–H groups in total. The Labute approximate surface area is 144 Å². The molecule has 1 amide bonds. The van der Waals surface area contributed by atoms with Crippen LogP contribution in [0, 0.1) is 25.2 Å². The number of nitrogens with zero attached hydrogens (tertiary/aromatic N) is 2. The van der Waals surface area contributed by atoms with E-state index in [-0.39, 0.29) is 11.9 Å². The van der Waals surface area contributed by atoms with Gasteiger partial charge in [-0.2, -0.15) is 5.26 Å². The molecule has 0 saturated heterocycles. The lowest BCUT2D eigenvalue weighted by molar-refractivity contribution is 0.0687. The number of aryl methyl sites for hydroxylation is 2. The largest absolute Gasteiger partial charge is 0.465 e. The molecular formula is C18H19BrN2O2. The van der Waals surface area contributed by atoms with Gasteiger partial charge in [0.1, 0.15) is 11.5 Å². The second-order valence-electron chi connectivity index (χ2n) is 5.74. The van der Waals surface area contributed by atoms with Gasteiger partial charge in [0.25, 0.3) is 5.91 Å². The first-order valence-corrected chi connectivity index (χ1v) is 8.20. The first-order chi connectivity index (χ1) is 10.8. The van der Waals surface area contributed by atoms with Gasteiger partial charge >= 0.3 is 0 Å². The Hall–Kier alpha value is -2.06. The van der Waals surface area contributed by atoms with Crippen molar-refractivity contribution in [3.05, 3.63) is 56.9 Å². The molecule has 0 radical (unpaired) electrons. The van der Waals surface area contributed by atoms with Crippen LogP contribution in [-0.4, -0.2) is 16.8 Å². The molecule has 2 aromatic rings. The number of hydrogen-bond acceptors (Lipinski definition) is 3. The van der Waals surface area contributed by atoms with E-state index in [1.54, 1.807) is 24.0 Å². The zero-order valence-electron chi connectivity index (χ0n) is 13.7. The van der Waals surface area contributed by atoms with Crippen molar-refractivity contribution in [2.75, 3.05) is 0 Å². The number of halogens is 1. The molecule has 120 valence electrons. The van der Waals surface area contributed by atoms with E-state index in [2.05, 4.69) is 22.0 Å². The highest BCUT2D eigenvalue weighted by atomic mass is 79.9. The number of furan rings is 1. The number of benzene rings is 1. The Morgan fingerprint density at radius 3 is 2.30 bits per heavy atom. The van der Waals surface area contributed by atoms with Crippen LogP contribution in [0.3, 0.4) is 0 Å². The smallest absolute Gasteiger partial charge is 0.259 e. The summed E-state index contributed by atoms with van der Waals surface area (Å²) in [4.78, 5) is 14.7. The summed E-state index contributed by atoms with van der Waals surface area (Å²) in [6.45, 7) is 8.08. The Balaban J connectivity index is 2.30. The fourth-order valence-corrected chi connectivity index (χ4v) is 2.94. The van der Waals surface area contributed by atoms with Gasteiger partial charge in [-0.25, -0.2) is 0 Å². The summed E-state index contributed by atoms with van der Waals surface area (Å²) in [5.41, 5.74) is 2.17. The van der Waals surface area contributed by atoms with Gasteiger partial charge in [0.05, 0.1) is 21.7 Å². The van der Waals surface area contributed by atoms with Crippen LogP contribution in [0.25, 0.3) is 0 Å². The Kier molecular flexibility index (Phi) is 5.27. The van der Waals surface area contributed by atoms with Gasteiger partial charge in [-0.1, -0.05) is 12.1 Å². The molecule has 0 spiro atoms. The van der Waals surface area contributed by atoms with Crippen LogP contribution >= 0.6 is 15.9 Å². The number of amides is 1. The van der Waals surface area contributed by atoms with Crippen molar-refractivity contribution in [3.63, 3.8) is 0 Å². The molecule has 0 saturated carbocycles. The molecule has 0 aliphatic carbocycles. The number of rotatable bonds is 4. The molecule has 5 heteroatoms. The van der Waals surface area contributed by atoms with Crippen molar-refractivity contribution in [2.45, 2.75) is 40.3 Å². The zero-order valence-corrected chi connectivity index (χ0v) is 15.3. The van der Waals surface area contributed by atoms with E-state index in [4.69, 9.17) is 9.68 Å². The minimum atomic E-state index is -0.0643. The van der Waals surface area contributed by atoms with Gasteiger partial charge in [0, 0.05) is 12.6 Å². The van der Waals surface area contributed by atoms with Gasteiger partial charge in [0.15, 0.2) is 0 Å². The SMILES string of the molecule is Cc1oc(C)c(C(=O)N(Cc2ccc(C#N)cc2)C(C)C)c1Br. The maximum Gasteiger partial charge on any atom is 0.259 e. The summed E-state index contributed by atoms with van der Waals surface area (Å²) in [5, 5.41) is 8.87. The molecule has 1 aromatic heterocycles. The molecule has 1 heterocycles. The molecular weight excluding hydrogens is 356 g/mol. The monoisotopic (exact) mass is 374 g/mol. The highest BCUT2D eigenvalue weighted by molar-refractivity contribution is 9.10. The number of carbonyl (C=O) groups is 1. The Bertz CT molecular complexity index is 755. The van der Waals surface area contributed by atoms with E-state index < -0.39 is 0 Å². The maximum absolute atomic E-state index is 13.0. The van der Waals surface area contributed by atoms with Crippen LogP contribution in [-0.2, 0) is 6.54 Å². The fourth-order valence-electron chi connectivity index (χ4n) is 2.41. The molecule has 0 atom stereocenters. The normalized spacial score (nSPS) is 10.7. The lowest BCUT2D eigenvalue weighted by Gasteiger charge is -2.27. The number of hydrogen-bond donors (Lipinski definition) is 0. The van der Waals surface area contributed by atoms with Gasteiger partial charge < -0.3 is 9.32 Å². The first kappa shape index (κ1) is 17.3. The number of carbonyl (C=O) groups excluding carboxylic acids is 1. The van der Waals surface area contributed by atoms with Crippen molar-refractivity contribution in [3.8, 4) is 6.07 Å². The molecule has 0 unspecified atom stereocenters. The average Bonchev–Trinajstić information content (AvgIpc) is 2.77. The third-order valence-electron chi connectivity index (χ3n) is 3.72. The van der Waals surface area contributed by atoms with E-state index in [1.807, 2.05) is 32.9 Å². The third kappa shape index (κ3) is 3.65. The molecule has 0 fully saturated rings. The first-order valence-electron chi connectivity index (χ1n) is 7.40. The lowest BCUT2D eigenvalue weighted by atomic mass is 10.1. The second-order valence-corrected chi connectivity index (χ2v) is 6.53. The third-order valence-corrected chi connectivity index (χ3v) is 4.68. The van der Waals surface area contributed by atoms with Gasteiger partial charge in [0.2, 0.25) is 0 Å². The summed E-state index contributed by atoms with van der Waals surface area (Å²) in [7, 11) is 0. The minimum absolute atomic E-state index is 0.0413. The van der Waals surface area contributed by atoms with E-state index >= 15 is 0 Å². The summed E-state index contributed by atoms with van der Waals surface area (Å²) >= 11 is 3.45. The van der Waals surface area contributed by atoms with Crippen molar-refractivity contribution in [1.82, 2.24) is 4.90 Å². The Morgan fingerprint density at radius 1 is 1.26 bits per heavy atom. The van der Waals surface area contributed by atoms with E-state index in [1.165, 1.54) is 0 Å². The predicted octanol–water partition coefficient (Wildman–Crippen LogP) is 4.58. The number of nitriles is 1. The molecule has 23 heavy (non-hydrogen) atoms. The quantitative estimate of drug-likeness (QED) is 0.786. The van der Waals surface area contributed by atoms with E-state index in [0.717, 1.165) is 5.56 Å². The summed E-state index contributed by atoms with van der Waals surface area (Å²) in [6, 6.07) is 9.43. The van der Waals surface area contributed by atoms with E-state index in [9.17, 15) is 4.79 Å². The molecule has 4 nitrogen and oxygen atoms in total. The van der Waals surface area contributed by atoms with Crippen molar-refractivity contribution >= 4 is 21.8 Å². The van der Waals surface area contributed by atoms with Crippen molar-refractivity contribution in [2.24, 2.45) is 0 Å². The summed E-state index contributed by atoms with van der Waals surface area (Å²) in [5.74, 6) is 1.25. The summed E-state index contributed by atoms with van der Waals surface area (Å²) in [6.07, 6.45) is 0. The minimum Gasteiger partial charge on any atom is -0.465 e. The second kappa shape index (κ2) is 7.01. The fraction of sp³-hybridized carbons (Fsp3) is 0.333. The molecule has 1 aromatic carbocycles. The van der Waals surface area contributed by atoms with Crippen LogP contribution in [0.2, 0.25) is 0 Å². The topological polar surface area (TPSA) is 57.2 Å². The van der Waals surface area contributed by atoms with Crippen molar-refractivity contribution in [1.29, 1.82) is 5.26 Å². The van der Waals surface area contributed by atoms with Crippen LogP contribution in [0.15, 0.2) is 33.2 Å². The van der Waals surface area contributed by atoms with Crippen LogP contribution in [0.4, 0.5) is 0 Å². The maximum atomic E-state index is 13.0. The predicted molar refractivity (Wildman–Crippen MR) is 92.0 cm³/mol. The molecule has 0 bridgehead atoms. The average molecular weight is 375 g/mol. The Morgan fingerprint density at radius 2 is 1.87 bits per heavy atom. The van der Waals surface area contributed by atoms with E-state index in [0.29, 0.717) is 33.7 Å². The zero-order chi connectivity index (χ0) is 17.1. The van der Waals surface area contributed by atoms with Gasteiger partial charge in [-0.15, -0.1) is 0 Å². The highest BCUT2D eigenvalue weighted by Crippen LogP contribution is 2.29. The van der Waals surface area contributed by atoms with Crippen LogP contribution in [0.5, 0.6) is 0 Å². The van der Waals surface area contributed by atoms with Crippen LogP contribution < -0.4 is 0 Å². The summed E-state index contributed by atoms with van der Waals surface area (Å²) < 4.78 is 6.26. The van der Waals surface area contributed by atoms with Crippen LogP contribution in [0.1, 0.15) is 46.9 Å². The highest BCUT2D eigenvalue weighted by Gasteiger charge is 2.26. The van der Waals surface area contributed by atoms with Gasteiger partial charge in [-0.3, -0.25) is 4.79 Å². The van der Waals surface area contributed by atoms with Gasteiger partial charge in [-0.05, 0) is 61.3 Å². The van der Waals surface area contributed by atoms with Crippen molar-refractivity contribution < 1.29 is 9.21 Å². The lowest BCUT2D eigenvalue weighted by Crippen LogP contribution is -2.36. The standard InChI is InChI=1S/C18H19BrN2O2/c1-11(2)21(10-15-7-5-14(9-20)6-8-15)18(22)16-12(3)23-13(4)17(16)19/h5-8,11H,10H2,1-4H3.